The number of hydrogen-bond donors (Lipinski definition) is 1. The molecule has 0 aliphatic carbocycles. The predicted octanol–water partition coefficient (Wildman–Crippen LogP) is 2.28. The molecule has 0 heterocycles. The first-order chi connectivity index (χ1) is 4.66. The molecule has 0 aromatic carbocycles. The molecule has 1 nitrogen and oxygen atoms in total. The third-order valence-electron chi connectivity index (χ3n) is 0.813. The van der Waals surface area contributed by atoms with E-state index in [0.29, 0.717) is 5.70 Å². The maximum absolute atomic E-state index is 5.31. The van der Waals surface area contributed by atoms with Crippen molar-refractivity contribution in [1.82, 2.24) is 0 Å². The van der Waals surface area contributed by atoms with Gasteiger partial charge in [0.2, 0.25) is 0 Å². The van der Waals surface area contributed by atoms with Crippen LogP contribution < -0.4 is 5.73 Å². The van der Waals surface area contributed by atoms with E-state index < -0.39 is 0 Å². The summed E-state index contributed by atoms with van der Waals surface area (Å²) in [6.45, 7) is 9.41. The molecule has 0 saturated carbocycles. The maximum atomic E-state index is 5.31. The van der Waals surface area contributed by atoms with Crippen LogP contribution in [0, 0.1) is 0 Å². The van der Waals surface area contributed by atoms with Crippen LogP contribution in [-0.2, 0) is 0 Å². The number of thioether (sulfide) groups is 1. The SMILES string of the molecule is C=C(N)/C=C\C(=C)SCC. The quantitative estimate of drug-likeness (QED) is 0.630. The first kappa shape index (κ1) is 9.37. The summed E-state index contributed by atoms with van der Waals surface area (Å²) in [7, 11) is 0. The Kier molecular flexibility index (Phi) is 4.85. The number of allylic oxidation sites excluding steroid dienone is 2. The van der Waals surface area contributed by atoms with Crippen LogP contribution in [-0.4, -0.2) is 5.75 Å². The Morgan fingerprint density at radius 3 is 2.50 bits per heavy atom. The first-order valence-corrected chi connectivity index (χ1v) is 4.09. The van der Waals surface area contributed by atoms with Crippen molar-refractivity contribution < 1.29 is 0 Å². The van der Waals surface area contributed by atoms with E-state index in [1.54, 1.807) is 17.8 Å². The summed E-state index contributed by atoms with van der Waals surface area (Å²) in [5.74, 6) is 1.04. The second-order valence-corrected chi connectivity index (χ2v) is 3.20. The smallest absolute Gasteiger partial charge is 0.0241 e. The lowest BCUT2D eigenvalue weighted by Gasteiger charge is -1.93. The summed E-state index contributed by atoms with van der Waals surface area (Å²) in [5.41, 5.74) is 5.87. The van der Waals surface area contributed by atoms with Crippen molar-refractivity contribution >= 4 is 11.8 Å². The highest BCUT2D eigenvalue weighted by atomic mass is 32.2. The minimum Gasteiger partial charge on any atom is -0.399 e. The van der Waals surface area contributed by atoms with Crippen molar-refractivity contribution in [3.05, 3.63) is 35.9 Å². The van der Waals surface area contributed by atoms with Crippen molar-refractivity contribution in [2.75, 3.05) is 5.75 Å². The summed E-state index contributed by atoms with van der Waals surface area (Å²) in [4.78, 5) is 1.02. The summed E-state index contributed by atoms with van der Waals surface area (Å²) in [5, 5.41) is 0. The van der Waals surface area contributed by atoms with Crippen LogP contribution in [0.5, 0.6) is 0 Å². The highest BCUT2D eigenvalue weighted by Gasteiger charge is 1.84. The van der Waals surface area contributed by atoms with Gasteiger partial charge >= 0.3 is 0 Å². The van der Waals surface area contributed by atoms with E-state index in [-0.39, 0.29) is 0 Å². The van der Waals surface area contributed by atoms with E-state index in [4.69, 9.17) is 5.73 Å². The Bertz CT molecular complexity index is 159. The fourth-order valence-electron chi connectivity index (χ4n) is 0.433. The van der Waals surface area contributed by atoms with E-state index in [1.165, 1.54) is 0 Å². The minimum atomic E-state index is 0.567. The molecule has 0 rings (SSSR count). The van der Waals surface area contributed by atoms with Gasteiger partial charge in [0.25, 0.3) is 0 Å². The first-order valence-electron chi connectivity index (χ1n) is 3.11. The standard InChI is InChI=1S/C8H13NS/c1-4-10-8(3)6-5-7(2)9/h5-6H,2-4,9H2,1H3/b6-5-. The lowest BCUT2D eigenvalue weighted by Crippen LogP contribution is -1.88. The molecule has 0 bridgehead atoms. The molecule has 10 heavy (non-hydrogen) atoms. The fourth-order valence-corrected chi connectivity index (χ4v) is 0.969. The molecule has 0 aromatic heterocycles. The molecule has 0 saturated heterocycles. The van der Waals surface area contributed by atoms with E-state index in [9.17, 15) is 0 Å². The molecule has 56 valence electrons. The molecule has 2 N–H and O–H groups in total. The number of hydrogen-bond acceptors (Lipinski definition) is 2. The highest BCUT2D eigenvalue weighted by Crippen LogP contribution is 2.13. The van der Waals surface area contributed by atoms with Crippen LogP contribution >= 0.6 is 11.8 Å². The highest BCUT2D eigenvalue weighted by molar-refractivity contribution is 8.03. The van der Waals surface area contributed by atoms with Crippen molar-refractivity contribution in [2.45, 2.75) is 6.92 Å². The molecule has 2 heteroatoms. The van der Waals surface area contributed by atoms with Crippen molar-refractivity contribution in [1.29, 1.82) is 0 Å². The molecule has 0 aliphatic rings. The minimum absolute atomic E-state index is 0.567. The Morgan fingerprint density at radius 2 is 2.10 bits per heavy atom. The van der Waals surface area contributed by atoms with Crippen LogP contribution in [0.1, 0.15) is 6.92 Å². The lowest BCUT2D eigenvalue weighted by atomic mass is 10.4. The topological polar surface area (TPSA) is 26.0 Å². The normalized spacial score (nSPS) is 10.1. The molecule has 0 aliphatic heterocycles. The molecular formula is C8H13NS. The molecule has 0 amide bonds. The van der Waals surface area contributed by atoms with Gasteiger partial charge in [-0.05, 0) is 17.9 Å². The van der Waals surface area contributed by atoms with Gasteiger partial charge in [0.1, 0.15) is 0 Å². The Balaban J connectivity index is 3.67. The molecule has 0 atom stereocenters. The van der Waals surface area contributed by atoms with Crippen LogP contribution in [0.3, 0.4) is 0 Å². The zero-order valence-electron chi connectivity index (χ0n) is 6.26. The zero-order chi connectivity index (χ0) is 7.98. The third kappa shape index (κ3) is 5.51. The Hall–Kier alpha value is -0.630. The van der Waals surface area contributed by atoms with Crippen molar-refractivity contribution in [3.63, 3.8) is 0 Å². The summed E-state index contributed by atoms with van der Waals surface area (Å²) >= 11 is 1.70. The average molecular weight is 155 g/mol. The van der Waals surface area contributed by atoms with Crippen LogP contribution in [0.15, 0.2) is 35.9 Å². The fraction of sp³-hybridized carbons (Fsp3) is 0.250. The van der Waals surface area contributed by atoms with E-state index in [1.807, 2.05) is 6.08 Å². The van der Waals surface area contributed by atoms with Crippen molar-refractivity contribution in [3.8, 4) is 0 Å². The van der Waals surface area contributed by atoms with Gasteiger partial charge in [-0.15, -0.1) is 11.8 Å². The summed E-state index contributed by atoms with van der Waals surface area (Å²) in [6.07, 6.45) is 3.63. The van der Waals surface area contributed by atoms with Gasteiger partial charge in [0.15, 0.2) is 0 Å². The van der Waals surface area contributed by atoms with Gasteiger partial charge < -0.3 is 5.73 Å². The van der Waals surface area contributed by atoms with Crippen LogP contribution in [0.2, 0.25) is 0 Å². The van der Waals surface area contributed by atoms with E-state index >= 15 is 0 Å². The average Bonchev–Trinajstić information content (AvgIpc) is 1.85. The Morgan fingerprint density at radius 1 is 1.50 bits per heavy atom. The summed E-state index contributed by atoms with van der Waals surface area (Å²) in [6, 6.07) is 0. The molecule has 0 radical (unpaired) electrons. The van der Waals surface area contributed by atoms with Gasteiger partial charge in [-0.1, -0.05) is 20.1 Å². The number of nitrogens with two attached hydrogens (primary N) is 1. The van der Waals surface area contributed by atoms with Gasteiger partial charge in [0, 0.05) is 10.6 Å². The van der Waals surface area contributed by atoms with Gasteiger partial charge in [0.05, 0.1) is 0 Å². The van der Waals surface area contributed by atoms with Gasteiger partial charge in [-0.3, -0.25) is 0 Å². The molecule has 0 aromatic rings. The zero-order valence-corrected chi connectivity index (χ0v) is 7.08. The summed E-state index contributed by atoms with van der Waals surface area (Å²) < 4.78 is 0. The van der Waals surface area contributed by atoms with Crippen LogP contribution in [0.25, 0.3) is 0 Å². The van der Waals surface area contributed by atoms with Gasteiger partial charge in [-0.25, -0.2) is 0 Å². The second-order valence-electron chi connectivity index (χ2n) is 1.81. The monoisotopic (exact) mass is 155 g/mol. The van der Waals surface area contributed by atoms with Crippen molar-refractivity contribution in [2.24, 2.45) is 5.73 Å². The maximum Gasteiger partial charge on any atom is 0.0241 e. The molecule has 0 unspecified atom stereocenters. The lowest BCUT2D eigenvalue weighted by molar-refractivity contribution is 1.45. The predicted molar refractivity (Wildman–Crippen MR) is 49.7 cm³/mol. The molecule has 0 fully saturated rings. The third-order valence-corrected chi connectivity index (χ3v) is 1.61. The largest absolute Gasteiger partial charge is 0.399 e. The molecule has 0 spiro atoms. The van der Waals surface area contributed by atoms with E-state index in [0.717, 1.165) is 10.7 Å². The Labute approximate surface area is 66.7 Å². The number of rotatable bonds is 4. The molecular weight excluding hydrogens is 142 g/mol. The van der Waals surface area contributed by atoms with Crippen LogP contribution in [0.4, 0.5) is 0 Å². The van der Waals surface area contributed by atoms with E-state index in [2.05, 4.69) is 20.1 Å². The van der Waals surface area contributed by atoms with Gasteiger partial charge in [-0.2, -0.15) is 0 Å². The second kappa shape index (κ2) is 5.18.